The molecular formula is C9H17NO. The Kier molecular flexibility index (Phi) is 1.69. The fourth-order valence-corrected chi connectivity index (χ4v) is 1.76. The molecule has 1 saturated heterocycles. The number of nitrogens with one attached hydrogen (secondary N) is 1. The van der Waals surface area contributed by atoms with Crippen molar-refractivity contribution < 1.29 is 4.74 Å². The highest BCUT2D eigenvalue weighted by atomic mass is 16.5. The summed E-state index contributed by atoms with van der Waals surface area (Å²) in [5.41, 5.74) is 0.159. The fraction of sp³-hybridized carbons (Fsp3) is 1.00. The molecule has 1 aliphatic heterocycles. The summed E-state index contributed by atoms with van der Waals surface area (Å²) in [6.07, 6.45) is 2.74. The molecule has 1 heterocycles. The molecule has 64 valence electrons. The van der Waals surface area contributed by atoms with Crippen molar-refractivity contribution in [3.05, 3.63) is 0 Å². The quantitative estimate of drug-likeness (QED) is 0.613. The lowest BCUT2D eigenvalue weighted by atomic mass is 9.98. The highest BCUT2D eigenvalue weighted by Crippen LogP contribution is 2.42. The number of hydrogen-bond donors (Lipinski definition) is 1. The van der Waals surface area contributed by atoms with Crippen LogP contribution in [0.2, 0.25) is 0 Å². The summed E-state index contributed by atoms with van der Waals surface area (Å²) in [7, 11) is 0. The maximum atomic E-state index is 5.84. The van der Waals surface area contributed by atoms with Crippen LogP contribution in [0.5, 0.6) is 0 Å². The van der Waals surface area contributed by atoms with Crippen molar-refractivity contribution in [1.29, 1.82) is 0 Å². The van der Waals surface area contributed by atoms with Gasteiger partial charge in [-0.3, -0.25) is 0 Å². The summed E-state index contributed by atoms with van der Waals surface area (Å²) in [6, 6.07) is 0.543. The van der Waals surface area contributed by atoms with Crippen LogP contribution in [0.3, 0.4) is 0 Å². The van der Waals surface area contributed by atoms with Crippen LogP contribution >= 0.6 is 0 Å². The minimum atomic E-state index is 0.159. The molecule has 0 aromatic rings. The van der Waals surface area contributed by atoms with Crippen LogP contribution in [0.1, 0.15) is 26.7 Å². The van der Waals surface area contributed by atoms with Crippen molar-refractivity contribution in [3.8, 4) is 0 Å². The number of rotatable bonds is 1. The van der Waals surface area contributed by atoms with Crippen molar-refractivity contribution >= 4 is 0 Å². The third-order valence-electron chi connectivity index (χ3n) is 2.91. The van der Waals surface area contributed by atoms with Gasteiger partial charge < -0.3 is 10.1 Å². The number of ether oxygens (including phenoxy) is 1. The second kappa shape index (κ2) is 2.46. The summed E-state index contributed by atoms with van der Waals surface area (Å²) in [5.74, 6) is 0.836. The van der Waals surface area contributed by atoms with E-state index in [2.05, 4.69) is 19.2 Å². The van der Waals surface area contributed by atoms with Gasteiger partial charge in [0.2, 0.25) is 0 Å². The number of hydrogen-bond acceptors (Lipinski definition) is 2. The van der Waals surface area contributed by atoms with Gasteiger partial charge in [0, 0.05) is 12.6 Å². The lowest BCUT2D eigenvalue weighted by molar-refractivity contribution is -0.0820. The minimum absolute atomic E-state index is 0.159. The van der Waals surface area contributed by atoms with E-state index in [1.165, 1.54) is 12.8 Å². The monoisotopic (exact) mass is 155 g/mol. The van der Waals surface area contributed by atoms with E-state index in [1.54, 1.807) is 0 Å². The van der Waals surface area contributed by atoms with Gasteiger partial charge in [-0.25, -0.2) is 0 Å². The molecule has 2 aliphatic rings. The predicted octanol–water partition coefficient (Wildman–Crippen LogP) is 1.16. The molecule has 2 atom stereocenters. The molecule has 2 rings (SSSR count). The summed E-state index contributed by atoms with van der Waals surface area (Å²) in [4.78, 5) is 0. The van der Waals surface area contributed by atoms with Crippen molar-refractivity contribution in [2.24, 2.45) is 5.92 Å². The van der Waals surface area contributed by atoms with E-state index in [1.807, 2.05) is 0 Å². The maximum absolute atomic E-state index is 5.84. The largest absolute Gasteiger partial charge is 0.372 e. The SMILES string of the molecule is CC1COC(C)(C2CC2)CN1. The Morgan fingerprint density at radius 3 is 2.64 bits per heavy atom. The molecule has 1 aliphatic carbocycles. The zero-order valence-electron chi connectivity index (χ0n) is 7.39. The highest BCUT2D eigenvalue weighted by Gasteiger charge is 2.44. The van der Waals surface area contributed by atoms with Crippen LogP contribution in [0.25, 0.3) is 0 Å². The van der Waals surface area contributed by atoms with E-state index in [0.29, 0.717) is 6.04 Å². The molecule has 1 N–H and O–H groups in total. The fourth-order valence-electron chi connectivity index (χ4n) is 1.76. The molecule has 0 radical (unpaired) electrons. The third kappa shape index (κ3) is 1.42. The van der Waals surface area contributed by atoms with E-state index in [4.69, 9.17) is 4.74 Å². The Morgan fingerprint density at radius 1 is 1.45 bits per heavy atom. The van der Waals surface area contributed by atoms with Crippen LogP contribution < -0.4 is 5.32 Å². The molecule has 0 bridgehead atoms. The van der Waals surface area contributed by atoms with Crippen LogP contribution in [-0.2, 0) is 4.74 Å². The van der Waals surface area contributed by atoms with Gasteiger partial charge in [-0.2, -0.15) is 0 Å². The third-order valence-corrected chi connectivity index (χ3v) is 2.91. The Morgan fingerprint density at radius 2 is 2.18 bits per heavy atom. The van der Waals surface area contributed by atoms with Crippen molar-refractivity contribution in [3.63, 3.8) is 0 Å². The second-order valence-corrected chi connectivity index (χ2v) is 4.18. The zero-order valence-corrected chi connectivity index (χ0v) is 7.39. The summed E-state index contributed by atoms with van der Waals surface area (Å²) >= 11 is 0. The summed E-state index contributed by atoms with van der Waals surface area (Å²) in [6.45, 7) is 6.34. The Balaban J connectivity index is 1.93. The average molecular weight is 155 g/mol. The van der Waals surface area contributed by atoms with Gasteiger partial charge in [0.1, 0.15) is 0 Å². The normalized spacial score (nSPS) is 45.8. The topological polar surface area (TPSA) is 21.3 Å². The second-order valence-electron chi connectivity index (χ2n) is 4.18. The van der Waals surface area contributed by atoms with Crippen LogP contribution in [0, 0.1) is 5.92 Å². The molecule has 2 unspecified atom stereocenters. The van der Waals surface area contributed by atoms with E-state index in [-0.39, 0.29) is 5.60 Å². The molecule has 0 aromatic carbocycles. The van der Waals surface area contributed by atoms with Crippen LogP contribution in [-0.4, -0.2) is 24.8 Å². The van der Waals surface area contributed by atoms with E-state index < -0.39 is 0 Å². The summed E-state index contributed by atoms with van der Waals surface area (Å²) < 4.78 is 5.84. The molecule has 0 aromatic heterocycles. The standard InChI is InChI=1S/C9H17NO/c1-7-5-11-9(2,6-10-7)8-3-4-8/h7-8,10H,3-6H2,1-2H3. The molecule has 2 nitrogen and oxygen atoms in total. The Labute approximate surface area is 68.3 Å². The first-order chi connectivity index (χ1) is 5.21. The molecule has 2 heteroatoms. The van der Waals surface area contributed by atoms with Crippen LogP contribution in [0.4, 0.5) is 0 Å². The minimum Gasteiger partial charge on any atom is -0.372 e. The maximum Gasteiger partial charge on any atom is 0.0807 e. The first-order valence-electron chi connectivity index (χ1n) is 4.58. The first kappa shape index (κ1) is 7.56. The zero-order chi connectivity index (χ0) is 7.90. The van der Waals surface area contributed by atoms with Gasteiger partial charge in [-0.15, -0.1) is 0 Å². The van der Waals surface area contributed by atoms with Gasteiger partial charge in [0.15, 0.2) is 0 Å². The molecule has 0 amide bonds. The Bertz CT molecular complexity index is 146. The van der Waals surface area contributed by atoms with Crippen molar-refractivity contribution in [1.82, 2.24) is 5.32 Å². The number of morpholine rings is 1. The molecule has 0 spiro atoms. The molecule has 2 fully saturated rings. The Hall–Kier alpha value is -0.0800. The average Bonchev–Trinajstić information content (AvgIpc) is 2.77. The first-order valence-corrected chi connectivity index (χ1v) is 4.58. The van der Waals surface area contributed by atoms with E-state index in [9.17, 15) is 0 Å². The smallest absolute Gasteiger partial charge is 0.0807 e. The lowest BCUT2D eigenvalue weighted by Gasteiger charge is -2.37. The van der Waals surface area contributed by atoms with Gasteiger partial charge in [-0.05, 0) is 32.6 Å². The molecule has 1 saturated carbocycles. The lowest BCUT2D eigenvalue weighted by Crippen LogP contribution is -2.53. The van der Waals surface area contributed by atoms with Gasteiger partial charge in [0.25, 0.3) is 0 Å². The van der Waals surface area contributed by atoms with E-state index >= 15 is 0 Å². The van der Waals surface area contributed by atoms with Crippen molar-refractivity contribution in [2.75, 3.05) is 13.2 Å². The molecular weight excluding hydrogens is 138 g/mol. The van der Waals surface area contributed by atoms with Crippen molar-refractivity contribution in [2.45, 2.75) is 38.3 Å². The van der Waals surface area contributed by atoms with Gasteiger partial charge in [0.05, 0.1) is 12.2 Å². The van der Waals surface area contributed by atoms with Gasteiger partial charge in [-0.1, -0.05) is 0 Å². The van der Waals surface area contributed by atoms with Gasteiger partial charge >= 0.3 is 0 Å². The summed E-state index contributed by atoms with van der Waals surface area (Å²) in [5, 5.41) is 3.47. The van der Waals surface area contributed by atoms with Crippen LogP contribution in [0.15, 0.2) is 0 Å². The highest BCUT2D eigenvalue weighted by molar-refractivity contribution is 4.97. The van der Waals surface area contributed by atoms with E-state index in [0.717, 1.165) is 19.1 Å². The molecule has 11 heavy (non-hydrogen) atoms. The predicted molar refractivity (Wildman–Crippen MR) is 44.5 cm³/mol.